The smallest absolute Gasteiger partial charge is 0.251 e. The van der Waals surface area contributed by atoms with Crippen LogP contribution in [0, 0.1) is 3.57 Å². The van der Waals surface area contributed by atoms with Crippen molar-refractivity contribution < 1.29 is 14.3 Å². The van der Waals surface area contributed by atoms with Crippen LogP contribution in [-0.4, -0.2) is 33.0 Å². The number of hydrogen-bond donors (Lipinski definition) is 1. The second-order valence-corrected chi connectivity index (χ2v) is 4.36. The van der Waals surface area contributed by atoms with Gasteiger partial charge in [0.05, 0.1) is 6.54 Å². The summed E-state index contributed by atoms with van der Waals surface area (Å²) >= 11 is 2.19. The van der Waals surface area contributed by atoms with Gasteiger partial charge in [-0.25, -0.2) is 0 Å². The van der Waals surface area contributed by atoms with Gasteiger partial charge in [0.25, 0.3) is 5.91 Å². The minimum absolute atomic E-state index is 0.129. The summed E-state index contributed by atoms with van der Waals surface area (Å²) in [5.74, 6) is -0.129. The number of carbonyl (C=O) groups excluding carboxylic acids is 1. The van der Waals surface area contributed by atoms with Crippen molar-refractivity contribution >= 4 is 28.5 Å². The van der Waals surface area contributed by atoms with Crippen LogP contribution in [-0.2, 0) is 9.47 Å². The fourth-order valence-corrected chi connectivity index (χ4v) is 1.50. The quantitative estimate of drug-likeness (QED) is 0.657. The summed E-state index contributed by atoms with van der Waals surface area (Å²) in [7, 11) is 3.07. The van der Waals surface area contributed by atoms with Gasteiger partial charge in [0.1, 0.15) is 0 Å². The van der Waals surface area contributed by atoms with Crippen LogP contribution in [0.4, 0.5) is 0 Å². The van der Waals surface area contributed by atoms with E-state index in [0.29, 0.717) is 12.1 Å². The number of nitrogens with one attached hydrogen (secondary N) is 1. The molecule has 4 nitrogen and oxygen atoms in total. The molecule has 0 aromatic heterocycles. The lowest BCUT2D eigenvalue weighted by atomic mass is 10.2. The SMILES string of the molecule is COC(CNC(=O)c1ccc(I)cc1)OC. The Balaban J connectivity index is 2.49. The average Bonchev–Trinajstić information content (AvgIpc) is 2.31. The van der Waals surface area contributed by atoms with Crippen molar-refractivity contribution in [1.82, 2.24) is 5.32 Å². The van der Waals surface area contributed by atoms with Gasteiger partial charge in [-0.15, -0.1) is 0 Å². The van der Waals surface area contributed by atoms with Crippen molar-refractivity contribution in [2.75, 3.05) is 20.8 Å². The Morgan fingerprint density at radius 2 is 1.88 bits per heavy atom. The summed E-state index contributed by atoms with van der Waals surface area (Å²) in [5.41, 5.74) is 0.631. The van der Waals surface area contributed by atoms with Crippen LogP contribution in [0.25, 0.3) is 0 Å². The van der Waals surface area contributed by atoms with Gasteiger partial charge in [-0.2, -0.15) is 0 Å². The van der Waals surface area contributed by atoms with E-state index < -0.39 is 6.29 Å². The molecule has 1 aromatic rings. The summed E-state index contributed by atoms with van der Waals surface area (Å²) in [6.07, 6.45) is -0.409. The minimum atomic E-state index is -0.409. The topological polar surface area (TPSA) is 47.6 Å². The minimum Gasteiger partial charge on any atom is -0.354 e. The van der Waals surface area contributed by atoms with Crippen molar-refractivity contribution in [1.29, 1.82) is 0 Å². The maximum Gasteiger partial charge on any atom is 0.251 e. The molecular weight excluding hydrogens is 321 g/mol. The van der Waals surface area contributed by atoms with Crippen LogP contribution >= 0.6 is 22.6 Å². The Morgan fingerprint density at radius 3 is 2.38 bits per heavy atom. The Morgan fingerprint density at radius 1 is 1.31 bits per heavy atom. The third-order valence-electron chi connectivity index (χ3n) is 2.06. The zero-order valence-corrected chi connectivity index (χ0v) is 11.4. The van der Waals surface area contributed by atoms with Gasteiger partial charge < -0.3 is 14.8 Å². The fourth-order valence-electron chi connectivity index (χ4n) is 1.14. The first-order valence-corrected chi connectivity index (χ1v) is 5.84. The van der Waals surface area contributed by atoms with Crippen LogP contribution in [0.2, 0.25) is 0 Å². The van der Waals surface area contributed by atoms with Gasteiger partial charge >= 0.3 is 0 Å². The molecule has 0 aliphatic carbocycles. The molecule has 0 saturated heterocycles. The number of hydrogen-bond acceptors (Lipinski definition) is 3. The molecule has 1 aromatic carbocycles. The zero-order valence-electron chi connectivity index (χ0n) is 9.20. The van der Waals surface area contributed by atoms with Crippen molar-refractivity contribution in [3.63, 3.8) is 0 Å². The van der Waals surface area contributed by atoms with Crippen LogP contribution < -0.4 is 5.32 Å². The predicted molar refractivity (Wildman–Crippen MR) is 69.3 cm³/mol. The van der Waals surface area contributed by atoms with E-state index in [-0.39, 0.29) is 5.91 Å². The van der Waals surface area contributed by atoms with E-state index in [9.17, 15) is 4.79 Å². The molecule has 16 heavy (non-hydrogen) atoms. The molecule has 1 N–H and O–H groups in total. The van der Waals surface area contributed by atoms with Gasteiger partial charge in [-0.3, -0.25) is 4.79 Å². The highest BCUT2D eigenvalue weighted by atomic mass is 127. The normalized spacial score (nSPS) is 10.5. The summed E-state index contributed by atoms with van der Waals surface area (Å²) in [5, 5.41) is 2.73. The molecule has 1 amide bonds. The lowest BCUT2D eigenvalue weighted by Gasteiger charge is -2.13. The van der Waals surface area contributed by atoms with Crippen molar-refractivity contribution in [3.8, 4) is 0 Å². The van der Waals surface area contributed by atoms with Crippen molar-refractivity contribution in [2.45, 2.75) is 6.29 Å². The number of benzene rings is 1. The van der Waals surface area contributed by atoms with E-state index in [1.807, 2.05) is 12.1 Å². The average molecular weight is 335 g/mol. The maximum atomic E-state index is 11.7. The molecule has 0 fully saturated rings. The Kier molecular flexibility index (Phi) is 5.72. The summed E-state index contributed by atoms with van der Waals surface area (Å²) < 4.78 is 11.0. The first-order chi connectivity index (χ1) is 7.67. The van der Waals surface area contributed by atoms with Crippen molar-refractivity contribution in [3.05, 3.63) is 33.4 Å². The molecular formula is C11H14INO3. The zero-order chi connectivity index (χ0) is 12.0. The Labute approximate surface area is 108 Å². The first kappa shape index (κ1) is 13.4. The van der Waals surface area contributed by atoms with Gasteiger partial charge in [-0.05, 0) is 46.9 Å². The predicted octanol–water partition coefficient (Wildman–Crippen LogP) is 1.64. The standard InChI is InChI=1S/C11H14INO3/c1-15-10(16-2)7-13-11(14)8-3-5-9(12)6-4-8/h3-6,10H,7H2,1-2H3,(H,13,14). The van der Waals surface area contributed by atoms with E-state index >= 15 is 0 Å². The molecule has 0 unspecified atom stereocenters. The summed E-state index contributed by atoms with van der Waals surface area (Å²) in [6.45, 7) is 0.331. The maximum absolute atomic E-state index is 11.7. The Hall–Kier alpha value is -0.660. The Bertz CT molecular complexity index is 336. The largest absolute Gasteiger partial charge is 0.354 e. The van der Waals surface area contributed by atoms with E-state index in [4.69, 9.17) is 9.47 Å². The lowest BCUT2D eigenvalue weighted by molar-refractivity contribution is -0.0974. The number of methoxy groups -OCH3 is 2. The molecule has 0 heterocycles. The van der Waals surface area contributed by atoms with E-state index in [2.05, 4.69) is 27.9 Å². The molecule has 0 aliphatic rings. The fraction of sp³-hybridized carbons (Fsp3) is 0.364. The molecule has 0 radical (unpaired) electrons. The van der Waals surface area contributed by atoms with Crippen LogP contribution in [0.5, 0.6) is 0 Å². The molecule has 88 valence electrons. The van der Waals surface area contributed by atoms with Crippen LogP contribution in [0.3, 0.4) is 0 Å². The van der Waals surface area contributed by atoms with E-state index in [1.54, 1.807) is 12.1 Å². The number of carbonyl (C=O) groups is 1. The number of ether oxygens (including phenoxy) is 2. The van der Waals surface area contributed by atoms with Crippen LogP contribution in [0.15, 0.2) is 24.3 Å². The highest BCUT2D eigenvalue weighted by Crippen LogP contribution is 2.06. The first-order valence-electron chi connectivity index (χ1n) is 4.76. The van der Waals surface area contributed by atoms with Gasteiger partial charge in [0, 0.05) is 23.4 Å². The molecule has 1 rings (SSSR count). The van der Waals surface area contributed by atoms with E-state index in [1.165, 1.54) is 14.2 Å². The second kappa shape index (κ2) is 6.82. The summed E-state index contributed by atoms with van der Waals surface area (Å²) in [4.78, 5) is 11.7. The molecule has 5 heteroatoms. The monoisotopic (exact) mass is 335 g/mol. The lowest BCUT2D eigenvalue weighted by Crippen LogP contribution is -2.34. The number of halogens is 1. The highest BCUT2D eigenvalue weighted by molar-refractivity contribution is 14.1. The van der Waals surface area contributed by atoms with Gasteiger partial charge in [0.15, 0.2) is 6.29 Å². The third-order valence-corrected chi connectivity index (χ3v) is 2.78. The molecule has 0 saturated carbocycles. The molecule has 0 atom stereocenters. The van der Waals surface area contributed by atoms with Gasteiger partial charge in [-0.1, -0.05) is 0 Å². The highest BCUT2D eigenvalue weighted by Gasteiger charge is 2.09. The van der Waals surface area contributed by atoms with Crippen molar-refractivity contribution in [2.24, 2.45) is 0 Å². The van der Waals surface area contributed by atoms with E-state index in [0.717, 1.165) is 3.57 Å². The summed E-state index contributed by atoms with van der Waals surface area (Å²) in [6, 6.07) is 7.34. The van der Waals surface area contributed by atoms with Gasteiger partial charge in [0.2, 0.25) is 0 Å². The molecule has 0 aliphatic heterocycles. The molecule has 0 spiro atoms. The number of amides is 1. The third kappa shape index (κ3) is 4.07. The second-order valence-electron chi connectivity index (χ2n) is 3.12. The number of rotatable bonds is 5. The van der Waals surface area contributed by atoms with Crippen LogP contribution in [0.1, 0.15) is 10.4 Å². The molecule has 0 bridgehead atoms.